The lowest BCUT2D eigenvalue weighted by atomic mass is 10.1. The maximum absolute atomic E-state index is 12.8. The second kappa shape index (κ2) is 6.62. The molecule has 0 spiro atoms. The number of hydrogen-bond acceptors (Lipinski definition) is 4. The zero-order valence-corrected chi connectivity index (χ0v) is 14.1. The molecule has 6 nitrogen and oxygen atoms in total. The number of benzene rings is 1. The van der Waals surface area contributed by atoms with E-state index in [-0.39, 0.29) is 33.7 Å². The topological polar surface area (TPSA) is 83.9 Å². The molecule has 1 fully saturated rings. The van der Waals surface area contributed by atoms with E-state index < -0.39 is 22.0 Å². The van der Waals surface area contributed by atoms with E-state index in [1.54, 1.807) is 0 Å². The molecule has 1 saturated heterocycles. The fourth-order valence-electron chi connectivity index (χ4n) is 2.44. The number of methoxy groups -OCH3 is 1. The predicted molar refractivity (Wildman–Crippen MR) is 82.2 cm³/mol. The van der Waals surface area contributed by atoms with E-state index in [0.717, 1.165) is 4.31 Å². The van der Waals surface area contributed by atoms with Crippen LogP contribution in [0.5, 0.6) is 5.75 Å². The largest absolute Gasteiger partial charge is 0.495 e. The van der Waals surface area contributed by atoms with Crippen molar-refractivity contribution in [2.24, 2.45) is 0 Å². The Bertz CT molecular complexity index is 692. The average Bonchev–Trinajstić information content (AvgIpc) is 2.49. The second-order valence-corrected chi connectivity index (χ2v) is 7.47. The Morgan fingerprint density at radius 1 is 1.32 bits per heavy atom. The lowest BCUT2D eigenvalue weighted by Crippen LogP contribution is -2.47. The van der Waals surface area contributed by atoms with Crippen LogP contribution in [-0.2, 0) is 14.8 Å². The van der Waals surface area contributed by atoms with Gasteiger partial charge >= 0.3 is 5.97 Å². The molecule has 0 aliphatic carbocycles. The molecule has 1 unspecified atom stereocenters. The van der Waals surface area contributed by atoms with E-state index in [1.807, 2.05) is 0 Å². The Labute approximate surface area is 138 Å². The van der Waals surface area contributed by atoms with Crippen LogP contribution in [0.15, 0.2) is 17.0 Å². The van der Waals surface area contributed by atoms with Crippen molar-refractivity contribution in [2.75, 3.05) is 13.7 Å². The molecular weight excluding hydrogens is 353 g/mol. The summed E-state index contributed by atoms with van der Waals surface area (Å²) in [4.78, 5) is 11.1. The molecule has 1 aromatic rings. The Morgan fingerprint density at radius 2 is 2.00 bits per heavy atom. The van der Waals surface area contributed by atoms with Gasteiger partial charge in [0.2, 0.25) is 10.0 Å². The van der Waals surface area contributed by atoms with Crippen molar-refractivity contribution >= 4 is 39.2 Å². The standard InChI is InChI=1S/C13H15Cl2NO5S/c1-21-9-5-6-10(12(15)11(9)14)22(19,20)16-7-3-2-4-8(16)13(17)18/h5-6,8H,2-4,7H2,1H3,(H,17,18). The molecule has 9 heteroatoms. The predicted octanol–water partition coefficient (Wildman–Crippen LogP) is 2.63. The number of carbonyl (C=O) groups is 1. The highest BCUT2D eigenvalue weighted by Gasteiger charge is 2.39. The summed E-state index contributed by atoms with van der Waals surface area (Å²) in [7, 11) is -2.67. The molecule has 1 aliphatic heterocycles. The van der Waals surface area contributed by atoms with Crippen molar-refractivity contribution in [1.82, 2.24) is 4.31 Å². The SMILES string of the molecule is COc1ccc(S(=O)(=O)N2CCCCC2C(=O)O)c(Cl)c1Cl. The Hall–Kier alpha value is -1.02. The summed E-state index contributed by atoms with van der Waals surface area (Å²) in [6.07, 6.45) is 1.54. The zero-order valence-electron chi connectivity index (χ0n) is 11.8. The number of piperidine rings is 1. The second-order valence-electron chi connectivity index (χ2n) is 4.86. The summed E-state index contributed by atoms with van der Waals surface area (Å²) < 4.78 is 31.5. The van der Waals surface area contributed by atoms with Crippen LogP contribution in [0.2, 0.25) is 10.0 Å². The number of carboxylic acid groups (broad SMARTS) is 1. The minimum Gasteiger partial charge on any atom is -0.495 e. The summed E-state index contributed by atoms with van der Waals surface area (Å²) in [6, 6.07) is 1.58. The highest BCUT2D eigenvalue weighted by molar-refractivity contribution is 7.89. The molecule has 2 rings (SSSR count). The lowest BCUT2D eigenvalue weighted by molar-refractivity contribution is -0.142. The van der Waals surface area contributed by atoms with Crippen molar-refractivity contribution in [1.29, 1.82) is 0 Å². The van der Waals surface area contributed by atoms with E-state index in [4.69, 9.17) is 27.9 Å². The van der Waals surface area contributed by atoms with Crippen LogP contribution in [0, 0.1) is 0 Å². The monoisotopic (exact) mass is 367 g/mol. The molecule has 1 atom stereocenters. The van der Waals surface area contributed by atoms with Crippen molar-refractivity contribution in [3.05, 3.63) is 22.2 Å². The fourth-order valence-corrected chi connectivity index (χ4v) is 4.90. The maximum Gasteiger partial charge on any atom is 0.322 e. The molecular formula is C13H15Cl2NO5S. The molecule has 1 aromatic carbocycles. The first-order valence-corrected chi connectivity index (χ1v) is 8.77. The maximum atomic E-state index is 12.8. The van der Waals surface area contributed by atoms with Gasteiger partial charge in [0.15, 0.2) is 0 Å². The molecule has 0 radical (unpaired) electrons. The number of nitrogens with zero attached hydrogens (tertiary/aromatic N) is 1. The minimum absolute atomic E-state index is 0.0193. The number of ether oxygens (including phenoxy) is 1. The summed E-state index contributed by atoms with van der Waals surface area (Å²) in [5.41, 5.74) is 0. The van der Waals surface area contributed by atoms with Crippen LogP contribution in [0.25, 0.3) is 0 Å². The third kappa shape index (κ3) is 3.03. The number of carboxylic acids is 1. The molecule has 0 amide bonds. The molecule has 1 aliphatic rings. The molecule has 1 heterocycles. The van der Waals surface area contributed by atoms with Crippen LogP contribution in [0.3, 0.4) is 0 Å². The van der Waals surface area contributed by atoms with Gasteiger partial charge in [-0.3, -0.25) is 4.79 Å². The zero-order chi connectivity index (χ0) is 16.5. The third-order valence-corrected chi connectivity index (χ3v) is 6.48. The summed E-state index contributed by atoms with van der Waals surface area (Å²) >= 11 is 12.0. The first kappa shape index (κ1) is 17.3. The van der Waals surface area contributed by atoms with Gasteiger partial charge in [-0.15, -0.1) is 0 Å². The number of halogens is 2. The van der Waals surface area contributed by atoms with Gasteiger partial charge in [0.05, 0.1) is 12.1 Å². The Balaban J connectivity index is 2.50. The van der Waals surface area contributed by atoms with Crippen molar-refractivity contribution in [3.63, 3.8) is 0 Å². The first-order chi connectivity index (χ1) is 10.3. The fraction of sp³-hybridized carbons (Fsp3) is 0.462. The van der Waals surface area contributed by atoms with Gasteiger partial charge in [0.1, 0.15) is 21.7 Å². The van der Waals surface area contributed by atoms with E-state index in [0.29, 0.717) is 12.8 Å². The molecule has 0 saturated carbocycles. The van der Waals surface area contributed by atoms with E-state index in [1.165, 1.54) is 19.2 Å². The van der Waals surface area contributed by atoms with Crippen LogP contribution < -0.4 is 4.74 Å². The lowest BCUT2D eigenvalue weighted by Gasteiger charge is -2.32. The van der Waals surface area contributed by atoms with E-state index in [9.17, 15) is 18.3 Å². The highest BCUT2D eigenvalue weighted by atomic mass is 35.5. The van der Waals surface area contributed by atoms with Crippen molar-refractivity contribution in [3.8, 4) is 5.75 Å². The number of hydrogen-bond donors (Lipinski definition) is 1. The van der Waals surface area contributed by atoms with Gasteiger partial charge in [-0.05, 0) is 31.4 Å². The van der Waals surface area contributed by atoms with Crippen LogP contribution in [0.1, 0.15) is 19.3 Å². The molecule has 0 aromatic heterocycles. The number of aliphatic carboxylic acids is 1. The normalized spacial score (nSPS) is 19.9. The van der Waals surface area contributed by atoms with Gasteiger partial charge in [-0.1, -0.05) is 23.2 Å². The van der Waals surface area contributed by atoms with Crippen molar-refractivity contribution < 1.29 is 23.1 Å². The Kier molecular flexibility index (Phi) is 5.21. The summed E-state index contributed by atoms with van der Waals surface area (Å²) in [5.74, 6) is -0.918. The minimum atomic E-state index is -4.05. The van der Waals surface area contributed by atoms with Crippen LogP contribution >= 0.6 is 23.2 Å². The Morgan fingerprint density at radius 3 is 2.59 bits per heavy atom. The first-order valence-electron chi connectivity index (χ1n) is 6.57. The van der Waals surface area contributed by atoms with Crippen LogP contribution in [0.4, 0.5) is 0 Å². The van der Waals surface area contributed by atoms with E-state index in [2.05, 4.69) is 0 Å². The molecule has 122 valence electrons. The molecule has 1 N–H and O–H groups in total. The van der Waals surface area contributed by atoms with Gasteiger partial charge in [0, 0.05) is 6.54 Å². The van der Waals surface area contributed by atoms with Gasteiger partial charge < -0.3 is 9.84 Å². The highest BCUT2D eigenvalue weighted by Crippen LogP contribution is 2.38. The van der Waals surface area contributed by atoms with Gasteiger partial charge in [-0.2, -0.15) is 4.31 Å². The van der Waals surface area contributed by atoms with Crippen molar-refractivity contribution in [2.45, 2.75) is 30.2 Å². The summed E-state index contributed by atoms with van der Waals surface area (Å²) in [5, 5.41) is 9.05. The van der Waals surface area contributed by atoms with E-state index >= 15 is 0 Å². The smallest absolute Gasteiger partial charge is 0.322 e. The summed E-state index contributed by atoms with van der Waals surface area (Å²) in [6.45, 7) is 0.138. The third-order valence-electron chi connectivity index (χ3n) is 3.56. The average molecular weight is 368 g/mol. The number of sulfonamides is 1. The molecule has 22 heavy (non-hydrogen) atoms. The van der Waals surface area contributed by atoms with Crippen LogP contribution in [-0.4, -0.2) is 43.5 Å². The number of rotatable bonds is 4. The molecule has 0 bridgehead atoms. The van der Waals surface area contributed by atoms with Gasteiger partial charge in [0.25, 0.3) is 0 Å². The van der Waals surface area contributed by atoms with Gasteiger partial charge in [-0.25, -0.2) is 8.42 Å². The quantitative estimate of drug-likeness (QED) is 0.883.